The first-order chi connectivity index (χ1) is 15.0. The largest absolute Gasteiger partial charge is 0.369 e. The van der Waals surface area contributed by atoms with Crippen LogP contribution in [0.25, 0.3) is 0 Å². The van der Waals surface area contributed by atoms with Crippen molar-refractivity contribution in [3.05, 3.63) is 53.2 Å². The minimum Gasteiger partial charge on any atom is -0.369 e. The molecule has 0 bridgehead atoms. The van der Waals surface area contributed by atoms with E-state index in [1.165, 1.54) is 16.0 Å². The summed E-state index contributed by atoms with van der Waals surface area (Å²) >= 11 is 1.75. The van der Waals surface area contributed by atoms with Gasteiger partial charge in [0.1, 0.15) is 5.82 Å². The number of primary amides is 1. The van der Waals surface area contributed by atoms with Crippen molar-refractivity contribution >= 4 is 53.4 Å². The van der Waals surface area contributed by atoms with Gasteiger partial charge in [-0.05, 0) is 49.3 Å². The number of benzene rings is 1. The number of halogens is 1. The molecule has 7 nitrogen and oxygen atoms in total. The molecular formula is C23H33IN6OS. The average Bonchev–Trinajstić information content (AvgIpc) is 2.80. The molecule has 1 aliphatic heterocycles. The molecule has 3 rings (SSSR count). The SMILES string of the molecule is CN=C(NCc1ccc(C)cc1SC)NCc1cccnc1N1CCCC(C(N)=O)C1.I. The summed E-state index contributed by atoms with van der Waals surface area (Å²) in [5.41, 5.74) is 9.12. The molecule has 0 saturated carbocycles. The van der Waals surface area contributed by atoms with Gasteiger partial charge in [-0.2, -0.15) is 0 Å². The van der Waals surface area contributed by atoms with E-state index >= 15 is 0 Å². The molecular weight excluding hydrogens is 535 g/mol. The number of guanidine groups is 1. The second-order valence-corrected chi connectivity index (χ2v) is 8.62. The molecule has 0 aliphatic carbocycles. The van der Waals surface area contributed by atoms with E-state index in [9.17, 15) is 4.79 Å². The molecule has 1 aliphatic rings. The molecule has 2 heterocycles. The van der Waals surface area contributed by atoms with Crippen LogP contribution in [0.2, 0.25) is 0 Å². The molecule has 1 aromatic heterocycles. The van der Waals surface area contributed by atoms with E-state index in [-0.39, 0.29) is 35.8 Å². The zero-order valence-electron chi connectivity index (χ0n) is 18.9. The highest BCUT2D eigenvalue weighted by Gasteiger charge is 2.26. The number of carbonyl (C=O) groups excluding carboxylic acids is 1. The Hall–Kier alpha value is -2.01. The summed E-state index contributed by atoms with van der Waals surface area (Å²) in [4.78, 5) is 24.1. The summed E-state index contributed by atoms with van der Waals surface area (Å²) in [5.74, 6) is 1.28. The van der Waals surface area contributed by atoms with Crippen molar-refractivity contribution in [2.75, 3.05) is 31.3 Å². The maximum absolute atomic E-state index is 11.7. The highest BCUT2D eigenvalue weighted by molar-refractivity contribution is 14.0. The van der Waals surface area contributed by atoms with Gasteiger partial charge in [0.25, 0.3) is 0 Å². The first kappa shape index (κ1) is 26.2. The second-order valence-electron chi connectivity index (χ2n) is 7.77. The Balaban J connectivity index is 0.00000363. The number of nitrogens with two attached hydrogens (primary N) is 1. The Kier molecular flexibility index (Phi) is 10.6. The normalized spacial score (nSPS) is 16.3. The summed E-state index contributed by atoms with van der Waals surface area (Å²) < 4.78 is 0. The molecule has 1 atom stereocenters. The molecule has 0 radical (unpaired) electrons. The molecule has 1 unspecified atom stereocenters. The van der Waals surface area contributed by atoms with E-state index in [0.29, 0.717) is 19.6 Å². The third-order valence-corrected chi connectivity index (χ3v) is 6.37. The van der Waals surface area contributed by atoms with Crippen molar-refractivity contribution in [2.45, 2.75) is 37.8 Å². The van der Waals surface area contributed by atoms with E-state index in [1.807, 2.05) is 6.07 Å². The minimum absolute atomic E-state index is 0. The van der Waals surface area contributed by atoms with Gasteiger partial charge >= 0.3 is 0 Å². The lowest BCUT2D eigenvalue weighted by Crippen LogP contribution is -2.42. The van der Waals surface area contributed by atoms with Crippen molar-refractivity contribution in [2.24, 2.45) is 16.6 Å². The van der Waals surface area contributed by atoms with E-state index < -0.39 is 0 Å². The molecule has 32 heavy (non-hydrogen) atoms. The Morgan fingerprint density at radius 1 is 1.28 bits per heavy atom. The number of nitrogens with zero attached hydrogens (tertiary/aromatic N) is 3. The number of piperidine rings is 1. The number of amides is 1. The Labute approximate surface area is 212 Å². The average molecular weight is 569 g/mol. The standard InChI is InChI=1S/C23H32N6OS.HI/c1-16-8-9-17(20(12-16)31-3)13-27-23(25-2)28-14-18-6-4-10-26-22(18)29-11-5-7-19(15-29)21(24)30;/h4,6,8-10,12,19H,5,7,11,13-15H2,1-3H3,(H2,24,30)(H2,25,27,28);1H. The van der Waals surface area contributed by atoms with Crippen LogP contribution in [0.3, 0.4) is 0 Å². The number of aromatic nitrogens is 1. The first-order valence-electron chi connectivity index (χ1n) is 10.6. The summed E-state index contributed by atoms with van der Waals surface area (Å²) in [6.45, 7) is 4.89. The van der Waals surface area contributed by atoms with Gasteiger partial charge in [0.05, 0.1) is 5.92 Å². The van der Waals surface area contributed by atoms with Crippen LogP contribution < -0.4 is 21.3 Å². The molecule has 174 valence electrons. The van der Waals surface area contributed by atoms with Gasteiger partial charge in [0, 0.05) is 49.9 Å². The number of hydrogen-bond donors (Lipinski definition) is 3. The number of hydrogen-bond acceptors (Lipinski definition) is 5. The predicted molar refractivity (Wildman–Crippen MR) is 144 cm³/mol. The molecule has 4 N–H and O–H groups in total. The maximum atomic E-state index is 11.7. The second kappa shape index (κ2) is 12.9. The van der Waals surface area contributed by atoms with Crippen LogP contribution in [-0.2, 0) is 17.9 Å². The van der Waals surface area contributed by atoms with E-state index in [1.54, 1.807) is 25.0 Å². The molecule has 9 heteroatoms. The van der Waals surface area contributed by atoms with Crippen molar-refractivity contribution in [1.82, 2.24) is 15.6 Å². The molecule has 1 saturated heterocycles. The minimum atomic E-state index is -0.231. The lowest BCUT2D eigenvalue weighted by molar-refractivity contribution is -0.122. The van der Waals surface area contributed by atoms with Crippen LogP contribution in [0.1, 0.15) is 29.5 Å². The summed E-state index contributed by atoms with van der Waals surface area (Å²) in [5, 5.41) is 6.79. The lowest BCUT2D eigenvalue weighted by atomic mass is 9.97. The van der Waals surface area contributed by atoms with Crippen LogP contribution in [0.15, 0.2) is 46.4 Å². The van der Waals surface area contributed by atoms with Crippen molar-refractivity contribution in [1.29, 1.82) is 0 Å². The number of rotatable bonds is 7. The fraction of sp³-hybridized carbons (Fsp3) is 0.435. The zero-order chi connectivity index (χ0) is 22.2. The topological polar surface area (TPSA) is 95.6 Å². The highest BCUT2D eigenvalue weighted by atomic mass is 127. The monoisotopic (exact) mass is 568 g/mol. The van der Waals surface area contributed by atoms with E-state index in [4.69, 9.17) is 5.73 Å². The number of aryl methyl sites for hydroxylation is 1. The molecule has 1 amide bonds. The smallest absolute Gasteiger partial charge is 0.222 e. The number of thioether (sulfide) groups is 1. The van der Waals surface area contributed by atoms with Crippen LogP contribution in [0.4, 0.5) is 5.82 Å². The first-order valence-corrected chi connectivity index (χ1v) is 11.8. The number of pyridine rings is 1. The van der Waals surface area contributed by atoms with Crippen LogP contribution in [0, 0.1) is 12.8 Å². The number of anilines is 1. The molecule has 0 spiro atoms. The Bertz CT molecular complexity index is 938. The molecule has 1 aromatic carbocycles. The number of nitrogens with one attached hydrogen (secondary N) is 2. The number of aliphatic imine (C=N–C) groups is 1. The van der Waals surface area contributed by atoms with Crippen LogP contribution in [-0.4, -0.2) is 43.2 Å². The van der Waals surface area contributed by atoms with Crippen molar-refractivity contribution in [3.8, 4) is 0 Å². The Morgan fingerprint density at radius 2 is 2.03 bits per heavy atom. The predicted octanol–water partition coefficient (Wildman–Crippen LogP) is 3.30. The molecule has 2 aromatic rings. The zero-order valence-corrected chi connectivity index (χ0v) is 22.1. The third-order valence-electron chi connectivity index (χ3n) is 5.55. The fourth-order valence-corrected chi connectivity index (χ4v) is 4.54. The van der Waals surface area contributed by atoms with E-state index in [0.717, 1.165) is 36.7 Å². The lowest BCUT2D eigenvalue weighted by Gasteiger charge is -2.33. The van der Waals surface area contributed by atoms with Gasteiger partial charge < -0.3 is 21.3 Å². The van der Waals surface area contributed by atoms with Crippen LogP contribution in [0.5, 0.6) is 0 Å². The third kappa shape index (κ3) is 6.99. The Morgan fingerprint density at radius 3 is 2.72 bits per heavy atom. The van der Waals surface area contributed by atoms with Gasteiger partial charge in [-0.3, -0.25) is 9.79 Å². The maximum Gasteiger partial charge on any atom is 0.222 e. The fourth-order valence-electron chi connectivity index (χ4n) is 3.83. The van der Waals surface area contributed by atoms with Gasteiger partial charge in [-0.15, -0.1) is 35.7 Å². The quantitative estimate of drug-likeness (QED) is 0.206. The van der Waals surface area contributed by atoms with Crippen molar-refractivity contribution < 1.29 is 4.79 Å². The van der Waals surface area contributed by atoms with E-state index in [2.05, 4.69) is 63.0 Å². The summed E-state index contributed by atoms with van der Waals surface area (Å²) in [6, 6.07) is 10.5. The van der Waals surface area contributed by atoms with Crippen LogP contribution >= 0.6 is 35.7 Å². The van der Waals surface area contributed by atoms with Crippen molar-refractivity contribution in [3.63, 3.8) is 0 Å². The number of carbonyl (C=O) groups is 1. The summed E-state index contributed by atoms with van der Waals surface area (Å²) in [7, 11) is 1.77. The van der Waals surface area contributed by atoms with Gasteiger partial charge in [0.15, 0.2) is 5.96 Å². The molecule has 1 fully saturated rings. The summed E-state index contributed by atoms with van der Waals surface area (Å²) in [6.07, 6.45) is 5.67. The van der Waals surface area contributed by atoms with Gasteiger partial charge in [-0.1, -0.05) is 18.2 Å². The van der Waals surface area contributed by atoms with Gasteiger partial charge in [-0.25, -0.2) is 4.98 Å². The van der Waals surface area contributed by atoms with Gasteiger partial charge in [0.2, 0.25) is 5.91 Å². The highest BCUT2D eigenvalue weighted by Crippen LogP contribution is 2.24.